The van der Waals surface area contributed by atoms with E-state index in [2.05, 4.69) is 10.3 Å². The number of benzene rings is 3. The van der Waals surface area contributed by atoms with Crippen LogP contribution in [-0.2, 0) is 39.4 Å². The highest BCUT2D eigenvalue weighted by Gasteiger charge is 2.66. The average Bonchev–Trinajstić information content (AvgIpc) is 3.67. The Kier molecular flexibility index (Phi) is 8.42. The number of aliphatic hydroxyl groups is 1. The quantitative estimate of drug-likeness (QED) is 0.134. The molecule has 1 N–H and O–H groups in total. The van der Waals surface area contributed by atoms with E-state index in [9.17, 15) is 14.7 Å². The number of carbonyl (C=O) groups excluding carboxylic acids is 2. The number of hydrogen-bond donors (Lipinski definition) is 1. The molecule has 4 aromatic rings. The number of aromatic nitrogens is 3. The number of ether oxygens (including phenoxy) is 1. The highest BCUT2D eigenvalue weighted by Crippen LogP contribution is 2.60. The number of para-hydroxylation sites is 2. The van der Waals surface area contributed by atoms with E-state index in [0.717, 1.165) is 28.9 Å². The summed E-state index contributed by atoms with van der Waals surface area (Å²) in [4.78, 5) is 30.0. The summed E-state index contributed by atoms with van der Waals surface area (Å²) in [6.07, 6.45) is 2.95. The van der Waals surface area contributed by atoms with E-state index >= 15 is 4.11 Å². The molecule has 234 valence electrons. The van der Waals surface area contributed by atoms with Gasteiger partial charge in [0.25, 0.3) is 5.91 Å². The van der Waals surface area contributed by atoms with Gasteiger partial charge in [-0.25, -0.2) is 0 Å². The molecule has 4 atom stereocenters. The first-order chi connectivity index (χ1) is 21.7. The third-order valence-corrected chi connectivity index (χ3v) is 11.6. The summed E-state index contributed by atoms with van der Waals surface area (Å²) in [5.74, 6) is -0.600. The molecule has 2 amide bonds. The van der Waals surface area contributed by atoms with Crippen LogP contribution in [0.25, 0.3) is 0 Å². The maximum Gasteiger partial charge on any atom is 0.264 e. The first-order valence-corrected chi connectivity index (χ1v) is 18.3. The van der Waals surface area contributed by atoms with Crippen LogP contribution in [0.1, 0.15) is 30.2 Å². The number of rotatable bonds is 11. The molecular formula is C34H38FN5O4Si. The molecule has 0 unspecified atom stereocenters. The third kappa shape index (κ3) is 5.60. The van der Waals surface area contributed by atoms with Crippen molar-refractivity contribution in [1.82, 2.24) is 15.0 Å². The number of halogens is 1. The van der Waals surface area contributed by atoms with Gasteiger partial charge < -0.3 is 18.9 Å². The van der Waals surface area contributed by atoms with Gasteiger partial charge in [-0.1, -0.05) is 60.7 Å². The second-order valence-electron chi connectivity index (χ2n) is 12.4. The van der Waals surface area contributed by atoms with Crippen LogP contribution in [0.4, 0.5) is 21.2 Å². The van der Waals surface area contributed by atoms with E-state index in [0.29, 0.717) is 30.8 Å². The minimum absolute atomic E-state index is 0.0150. The van der Waals surface area contributed by atoms with Gasteiger partial charge in [-0.15, -0.1) is 5.10 Å². The van der Waals surface area contributed by atoms with Crippen LogP contribution >= 0.6 is 0 Å². The zero-order valence-corrected chi connectivity index (χ0v) is 26.7. The lowest BCUT2D eigenvalue weighted by atomic mass is 9.82. The Bertz CT molecular complexity index is 1680. The molecule has 11 heteroatoms. The van der Waals surface area contributed by atoms with E-state index in [4.69, 9.17) is 4.74 Å². The third-order valence-electron chi connectivity index (χ3n) is 9.13. The molecule has 2 aliphatic rings. The van der Waals surface area contributed by atoms with Gasteiger partial charge in [-0.05, 0) is 55.4 Å². The van der Waals surface area contributed by atoms with Gasteiger partial charge in [0.1, 0.15) is 0 Å². The summed E-state index contributed by atoms with van der Waals surface area (Å²) in [6.45, 7) is 6.04. The summed E-state index contributed by atoms with van der Waals surface area (Å²) >= 11 is 0. The molecule has 9 nitrogen and oxygen atoms in total. The lowest BCUT2D eigenvalue weighted by Crippen LogP contribution is -2.45. The Morgan fingerprint density at radius 1 is 1.07 bits per heavy atom. The SMILES string of the molecule is C[C@H]1[C@H]([Si](C)(C)F)[C@@H](CCn2cc(CCO)nn2)O[C@]12C(=O)N(Cc1cccc(N(C=O)c3ccccc3)c1)c1ccccc12. The van der Waals surface area contributed by atoms with E-state index in [-0.39, 0.29) is 19.1 Å². The zero-order valence-electron chi connectivity index (χ0n) is 25.7. The molecule has 3 heterocycles. The fraction of sp³-hybridized carbons (Fsp3) is 0.353. The van der Waals surface area contributed by atoms with Crippen molar-refractivity contribution < 1.29 is 23.5 Å². The fourth-order valence-corrected chi connectivity index (χ4v) is 9.75. The summed E-state index contributed by atoms with van der Waals surface area (Å²) in [7, 11) is -3.31. The van der Waals surface area contributed by atoms with Crippen LogP contribution in [-0.4, -0.2) is 53.5 Å². The average molecular weight is 628 g/mol. The highest BCUT2D eigenvalue weighted by molar-refractivity contribution is 6.72. The summed E-state index contributed by atoms with van der Waals surface area (Å²) in [5, 5.41) is 17.5. The predicted molar refractivity (Wildman–Crippen MR) is 172 cm³/mol. The Hall–Kier alpha value is -4.19. The number of nitrogens with zero attached hydrogens (tertiary/aromatic N) is 5. The molecule has 45 heavy (non-hydrogen) atoms. The Labute approximate surface area is 263 Å². The van der Waals surface area contributed by atoms with Gasteiger partial charge >= 0.3 is 0 Å². The molecular weight excluding hydrogens is 589 g/mol. The van der Waals surface area contributed by atoms with Crippen molar-refractivity contribution in [3.8, 4) is 0 Å². The minimum Gasteiger partial charge on any atom is -0.396 e. The normalized spacial score (nSPS) is 22.6. The Balaban J connectivity index is 1.31. The molecule has 6 rings (SSSR count). The lowest BCUT2D eigenvalue weighted by Gasteiger charge is -2.31. The van der Waals surface area contributed by atoms with Crippen molar-refractivity contribution in [2.45, 2.75) is 63.2 Å². The number of carbonyl (C=O) groups is 2. The van der Waals surface area contributed by atoms with Crippen LogP contribution in [0, 0.1) is 5.92 Å². The molecule has 0 saturated carbocycles. The van der Waals surface area contributed by atoms with E-state index in [1.54, 1.807) is 33.8 Å². The van der Waals surface area contributed by atoms with Crippen molar-refractivity contribution >= 4 is 37.8 Å². The van der Waals surface area contributed by atoms with Crippen LogP contribution in [0.3, 0.4) is 0 Å². The maximum absolute atomic E-state index is 16.1. The molecule has 1 fully saturated rings. The van der Waals surface area contributed by atoms with E-state index in [1.165, 1.54) is 0 Å². The standard InChI is InChI=1S/C34H38FN5O4Si/c1-24-32(45(2,3)35)31(16-18-38-22-26(17-19-41)36-37-38)44-34(24)29-14-7-8-15-30(29)39(33(34)43)21-25-10-9-13-28(20-25)40(23-42)27-11-5-4-6-12-27/h4-15,20,22-24,31-32,41H,16-19,21H2,1-3H3/t24-,31+,32-,34+/m0/s1. The molecule has 0 aliphatic carbocycles. The number of anilines is 3. The number of aryl methyl sites for hydroxylation is 1. The molecule has 0 bridgehead atoms. The molecule has 1 saturated heterocycles. The van der Waals surface area contributed by atoms with Crippen LogP contribution in [0.15, 0.2) is 85.1 Å². The largest absolute Gasteiger partial charge is 0.396 e. The second-order valence-corrected chi connectivity index (χ2v) is 16.2. The van der Waals surface area contributed by atoms with Crippen molar-refractivity contribution in [2.75, 3.05) is 16.4 Å². The zero-order chi connectivity index (χ0) is 31.8. The lowest BCUT2D eigenvalue weighted by molar-refractivity contribution is -0.146. The van der Waals surface area contributed by atoms with Gasteiger partial charge in [0.05, 0.1) is 24.0 Å². The predicted octanol–water partition coefficient (Wildman–Crippen LogP) is 5.52. The molecule has 2 aliphatic heterocycles. The Morgan fingerprint density at radius 3 is 2.53 bits per heavy atom. The topological polar surface area (TPSA) is 101 Å². The number of hydrogen-bond acceptors (Lipinski definition) is 6. The first-order valence-electron chi connectivity index (χ1n) is 15.3. The monoisotopic (exact) mass is 627 g/mol. The van der Waals surface area contributed by atoms with Crippen molar-refractivity contribution in [3.63, 3.8) is 0 Å². The second kappa shape index (κ2) is 12.3. The number of aliphatic hydroxyl groups excluding tert-OH is 1. The van der Waals surface area contributed by atoms with Crippen LogP contribution in [0.5, 0.6) is 0 Å². The van der Waals surface area contributed by atoms with Gasteiger partial charge in [0, 0.05) is 54.2 Å². The van der Waals surface area contributed by atoms with Crippen molar-refractivity contribution in [1.29, 1.82) is 0 Å². The summed E-state index contributed by atoms with van der Waals surface area (Å²) in [5.41, 5.74) is 2.73. The smallest absolute Gasteiger partial charge is 0.264 e. The number of fused-ring (bicyclic) bond motifs is 2. The molecule has 3 aromatic carbocycles. The van der Waals surface area contributed by atoms with Crippen LogP contribution in [0.2, 0.25) is 18.6 Å². The maximum atomic E-state index is 16.1. The van der Waals surface area contributed by atoms with Gasteiger partial charge in [-0.2, -0.15) is 0 Å². The van der Waals surface area contributed by atoms with Crippen molar-refractivity contribution in [2.24, 2.45) is 5.92 Å². The molecule has 1 spiro atoms. The van der Waals surface area contributed by atoms with Gasteiger partial charge in [-0.3, -0.25) is 19.2 Å². The first kappa shape index (κ1) is 30.8. The fourth-order valence-electron chi connectivity index (χ4n) is 7.21. The highest BCUT2D eigenvalue weighted by atomic mass is 28.4. The van der Waals surface area contributed by atoms with E-state index < -0.39 is 31.6 Å². The van der Waals surface area contributed by atoms with Gasteiger partial charge in [0.2, 0.25) is 14.8 Å². The Morgan fingerprint density at radius 2 is 1.80 bits per heavy atom. The van der Waals surface area contributed by atoms with E-state index in [1.807, 2.05) is 85.8 Å². The van der Waals surface area contributed by atoms with Gasteiger partial charge in [0.15, 0.2) is 5.60 Å². The van der Waals surface area contributed by atoms with Crippen LogP contribution < -0.4 is 9.80 Å². The summed E-state index contributed by atoms with van der Waals surface area (Å²) < 4.78 is 24.7. The van der Waals surface area contributed by atoms with Crippen molar-refractivity contribution in [3.05, 3.63) is 102 Å². The summed E-state index contributed by atoms with van der Waals surface area (Å²) in [6, 6.07) is 24.6. The molecule has 0 radical (unpaired) electrons. The number of amides is 2. The minimum atomic E-state index is -3.31. The molecule has 1 aromatic heterocycles.